The molecule has 140 valence electrons. The number of halogens is 1. The van der Waals surface area contributed by atoms with Crippen molar-refractivity contribution >= 4 is 18.3 Å². The van der Waals surface area contributed by atoms with Crippen LogP contribution in [0.15, 0.2) is 54.6 Å². The Kier molecular flexibility index (Phi) is 7.14. The quantitative estimate of drug-likeness (QED) is 0.550. The van der Waals surface area contributed by atoms with Crippen molar-refractivity contribution in [3.8, 4) is 11.1 Å². The molecule has 1 aliphatic rings. The molecule has 0 unspecified atom stereocenters. The first-order valence-electron chi connectivity index (χ1n) is 8.37. The number of aliphatic hydroxyl groups is 2. The third-order valence-electron chi connectivity index (χ3n) is 4.51. The molecule has 0 spiro atoms. The number of carbonyl (C=O) groups excluding carboxylic acids is 1. The molecule has 1 heterocycles. The van der Waals surface area contributed by atoms with Gasteiger partial charge in [-0.3, -0.25) is 10.2 Å². The van der Waals surface area contributed by atoms with Gasteiger partial charge in [-0.05, 0) is 30.2 Å². The van der Waals surface area contributed by atoms with Crippen LogP contribution in [0.1, 0.15) is 17.3 Å². The van der Waals surface area contributed by atoms with Crippen molar-refractivity contribution in [3.05, 3.63) is 60.2 Å². The van der Waals surface area contributed by atoms with E-state index in [4.69, 9.17) is 0 Å². The van der Waals surface area contributed by atoms with Crippen LogP contribution in [0.3, 0.4) is 0 Å². The first-order chi connectivity index (χ1) is 12.1. The summed E-state index contributed by atoms with van der Waals surface area (Å²) in [6.07, 6.45) is -1.83. The predicted octanol–water partition coefficient (Wildman–Crippen LogP) is 1.09. The van der Waals surface area contributed by atoms with Crippen LogP contribution in [0.4, 0.5) is 0 Å². The maximum absolute atomic E-state index is 12.3. The monoisotopic (exact) mass is 377 g/mol. The lowest BCUT2D eigenvalue weighted by Gasteiger charge is -2.37. The highest BCUT2D eigenvalue weighted by Gasteiger charge is 2.34. The molecule has 1 amide bonds. The molecular formula is C19H24ClN3O3. The lowest BCUT2D eigenvalue weighted by Crippen LogP contribution is -2.67. The number of carbonyl (C=O) groups is 1. The van der Waals surface area contributed by atoms with Gasteiger partial charge in [-0.1, -0.05) is 42.5 Å². The first-order valence-corrected chi connectivity index (χ1v) is 8.37. The zero-order valence-corrected chi connectivity index (χ0v) is 15.2. The van der Waals surface area contributed by atoms with Crippen molar-refractivity contribution < 1.29 is 15.0 Å². The molecule has 7 heteroatoms. The molecule has 0 saturated carbocycles. The third-order valence-corrected chi connectivity index (χ3v) is 4.51. The topological polar surface area (TPSA) is 93.6 Å². The highest BCUT2D eigenvalue weighted by molar-refractivity contribution is 5.94. The van der Waals surface area contributed by atoms with Crippen molar-refractivity contribution in [1.29, 1.82) is 0 Å². The molecular weight excluding hydrogens is 354 g/mol. The van der Waals surface area contributed by atoms with E-state index in [0.717, 1.165) is 11.1 Å². The number of benzene rings is 2. The summed E-state index contributed by atoms with van der Waals surface area (Å²) in [5.74, 6) is -0.221. The maximum atomic E-state index is 12.3. The zero-order chi connectivity index (χ0) is 17.8. The fraction of sp³-hybridized carbons (Fsp3) is 0.316. The van der Waals surface area contributed by atoms with Crippen LogP contribution in [0.5, 0.6) is 0 Å². The van der Waals surface area contributed by atoms with E-state index in [1.165, 1.54) is 0 Å². The molecule has 1 fully saturated rings. The number of hydrazine groups is 1. The maximum Gasteiger partial charge on any atom is 0.251 e. The number of rotatable bonds is 4. The summed E-state index contributed by atoms with van der Waals surface area (Å²) in [5, 5.41) is 22.7. The highest BCUT2D eigenvalue weighted by atomic mass is 35.5. The van der Waals surface area contributed by atoms with E-state index in [1.54, 1.807) is 19.1 Å². The fourth-order valence-corrected chi connectivity index (χ4v) is 2.86. The van der Waals surface area contributed by atoms with Crippen LogP contribution in [-0.2, 0) is 0 Å². The van der Waals surface area contributed by atoms with Gasteiger partial charge in [0.25, 0.3) is 5.91 Å². The van der Waals surface area contributed by atoms with Crippen molar-refractivity contribution in [2.24, 2.45) is 0 Å². The molecule has 4 atom stereocenters. The smallest absolute Gasteiger partial charge is 0.251 e. The molecule has 1 saturated heterocycles. The van der Waals surface area contributed by atoms with Gasteiger partial charge < -0.3 is 15.5 Å². The summed E-state index contributed by atoms with van der Waals surface area (Å²) in [7, 11) is 0. The number of hydrogen-bond donors (Lipinski definition) is 5. The molecule has 2 aromatic rings. The van der Waals surface area contributed by atoms with E-state index in [9.17, 15) is 15.0 Å². The third kappa shape index (κ3) is 4.60. The largest absolute Gasteiger partial charge is 0.389 e. The Labute approximate surface area is 159 Å². The van der Waals surface area contributed by atoms with Gasteiger partial charge in [0.1, 0.15) is 0 Å². The number of hydrogen-bond acceptors (Lipinski definition) is 5. The predicted molar refractivity (Wildman–Crippen MR) is 103 cm³/mol. The Balaban J connectivity index is 0.00000243. The average molecular weight is 378 g/mol. The van der Waals surface area contributed by atoms with Crippen LogP contribution < -0.4 is 16.2 Å². The Hall–Kier alpha value is -1.96. The van der Waals surface area contributed by atoms with Crippen molar-refractivity contribution in [2.75, 3.05) is 6.54 Å². The van der Waals surface area contributed by atoms with E-state index in [0.29, 0.717) is 5.56 Å². The van der Waals surface area contributed by atoms with Gasteiger partial charge in [-0.25, -0.2) is 5.43 Å². The summed E-state index contributed by atoms with van der Waals surface area (Å²) in [4.78, 5) is 12.3. The van der Waals surface area contributed by atoms with Gasteiger partial charge in [0.15, 0.2) is 0 Å². The van der Waals surface area contributed by atoms with Gasteiger partial charge >= 0.3 is 0 Å². The molecule has 3 rings (SSSR count). The SMILES string of the molecule is C[C@@H]1NN[C@@H](CNC(=O)c2ccc(-c3ccccc3)cc2)[C@H](O)[C@@H]1O.Cl. The molecule has 0 aromatic heterocycles. The molecule has 5 N–H and O–H groups in total. The minimum absolute atomic E-state index is 0. The average Bonchev–Trinajstić information content (AvgIpc) is 2.66. The van der Waals surface area contributed by atoms with Crippen molar-refractivity contribution in [3.63, 3.8) is 0 Å². The standard InChI is InChI=1S/C19H23N3O3.ClH/c1-12-17(23)18(24)16(22-21-12)11-20-19(25)15-9-7-14(8-10-15)13-5-3-2-4-6-13;/h2-10,12,16-18,21-24H,11H2,1H3,(H,20,25);1H/t12-,16-,17+,18-;/m0./s1. The summed E-state index contributed by atoms with van der Waals surface area (Å²) in [6, 6.07) is 16.6. The summed E-state index contributed by atoms with van der Waals surface area (Å²) < 4.78 is 0. The molecule has 1 aliphatic heterocycles. The van der Waals surface area contributed by atoms with Gasteiger partial charge in [0, 0.05) is 18.2 Å². The second-order valence-corrected chi connectivity index (χ2v) is 6.32. The van der Waals surface area contributed by atoms with Gasteiger partial charge in [0.2, 0.25) is 0 Å². The summed E-state index contributed by atoms with van der Waals surface area (Å²) in [5.41, 5.74) is 8.49. The van der Waals surface area contributed by atoms with Gasteiger partial charge in [-0.15, -0.1) is 12.4 Å². The Morgan fingerprint density at radius 1 is 0.962 bits per heavy atom. The molecule has 0 radical (unpaired) electrons. The van der Waals surface area contributed by atoms with Crippen molar-refractivity contribution in [2.45, 2.75) is 31.2 Å². The Morgan fingerprint density at radius 3 is 2.23 bits per heavy atom. The zero-order valence-electron chi connectivity index (χ0n) is 14.4. The first kappa shape index (κ1) is 20.4. The van der Waals surface area contributed by atoms with E-state index in [-0.39, 0.29) is 30.9 Å². The summed E-state index contributed by atoms with van der Waals surface area (Å²) in [6.45, 7) is 1.97. The van der Waals surface area contributed by atoms with Crippen LogP contribution >= 0.6 is 12.4 Å². The molecule has 2 aromatic carbocycles. The van der Waals surface area contributed by atoms with E-state index in [2.05, 4.69) is 16.2 Å². The van der Waals surface area contributed by atoms with E-state index in [1.807, 2.05) is 42.5 Å². The second kappa shape index (κ2) is 9.12. The normalized spacial score (nSPS) is 25.2. The number of nitrogens with one attached hydrogen (secondary N) is 3. The highest BCUT2D eigenvalue weighted by Crippen LogP contribution is 2.19. The van der Waals surface area contributed by atoms with Crippen LogP contribution in [0.25, 0.3) is 11.1 Å². The van der Waals surface area contributed by atoms with Crippen LogP contribution in [0, 0.1) is 0 Å². The minimum atomic E-state index is -0.947. The van der Waals surface area contributed by atoms with Gasteiger partial charge in [0.05, 0.1) is 18.2 Å². The molecule has 0 bridgehead atoms. The lowest BCUT2D eigenvalue weighted by molar-refractivity contribution is -0.0523. The van der Waals surface area contributed by atoms with Crippen LogP contribution in [-0.4, -0.2) is 47.0 Å². The number of amides is 1. The summed E-state index contributed by atoms with van der Waals surface area (Å²) >= 11 is 0. The minimum Gasteiger partial charge on any atom is -0.389 e. The Bertz CT molecular complexity index is 712. The Morgan fingerprint density at radius 2 is 1.58 bits per heavy atom. The fourth-order valence-electron chi connectivity index (χ4n) is 2.86. The van der Waals surface area contributed by atoms with E-state index >= 15 is 0 Å². The van der Waals surface area contributed by atoms with Gasteiger partial charge in [-0.2, -0.15) is 0 Å². The molecule has 0 aliphatic carbocycles. The van der Waals surface area contributed by atoms with Crippen molar-refractivity contribution in [1.82, 2.24) is 16.2 Å². The second-order valence-electron chi connectivity index (χ2n) is 6.32. The van der Waals surface area contributed by atoms with E-state index < -0.39 is 18.2 Å². The van der Waals surface area contributed by atoms with Crippen LogP contribution in [0.2, 0.25) is 0 Å². The molecule has 6 nitrogen and oxygen atoms in total. The molecule has 26 heavy (non-hydrogen) atoms. The number of aliphatic hydroxyl groups excluding tert-OH is 2. The lowest BCUT2D eigenvalue weighted by atomic mass is 9.98.